The van der Waals surface area contributed by atoms with Crippen molar-refractivity contribution in [3.8, 4) is 5.75 Å². The van der Waals surface area contributed by atoms with Gasteiger partial charge in [-0.2, -0.15) is 0 Å². The number of hydrogen-bond donors (Lipinski definition) is 1. The summed E-state index contributed by atoms with van der Waals surface area (Å²) in [6.07, 6.45) is 7.29. The number of pyridine rings is 1. The molecule has 42 heavy (non-hydrogen) atoms. The van der Waals surface area contributed by atoms with Crippen molar-refractivity contribution in [2.45, 2.75) is 70.9 Å². The summed E-state index contributed by atoms with van der Waals surface area (Å²) >= 11 is 6.74. The second kappa shape index (κ2) is 10.7. The standard InChI is InChI=1S/C32H38ClN3O6/c1-31(30(40)41)11-4-3-7-22(31)29(39)36-15-10-21-23(33)8-9-25(42-18-20-6-5-14-34(2)28(20)38)27(21)24(36)17-35-19-32(12-13-32)16-26(35)37/h5-6,8-9,14,22,24H,3-4,7,10-13,15-19H2,1-2H3,(H,40,41)/t22-,24+,31-/m0/s1. The van der Waals surface area contributed by atoms with Crippen LogP contribution >= 0.6 is 11.6 Å². The normalized spacial score (nSPS) is 26.3. The van der Waals surface area contributed by atoms with Gasteiger partial charge >= 0.3 is 5.97 Å². The summed E-state index contributed by atoms with van der Waals surface area (Å²) in [5.41, 5.74) is 0.845. The molecule has 3 heterocycles. The molecule has 6 rings (SSSR count). The first-order valence-corrected chi connectivity index (χ1v) is 15.3. The zero-order chi connectivity index (χ0) is 29.8. The van der Waals surface area contributed by atoms with Crippen LogP contribution in [0.2, 0.25) is 5.02 Å². The maximum Gasteiger partial charge on any atom is 0.310 e. The van der Waals surface area contributed by atoms with Gasteiger partial charge in [-0.05, 0) is 74.3 Å². The van der Waals surface area contributed by atoms with Gasteiger partial charge in [0, 0.05) is 49.9 Å². The van der Waals surface area contributed by atoms with Crippen molar-refractivity contribution >= 4 is 29.4 Å². The molecule has 224 valence electrons. The van der Waals surface area contributed by atoms with Gasteiger partial charge < -0.3 is 24.2 Å². The van der Waals surface area contributed by atoms with Gasteiger partial charge in [-0.3, -0.25) is 19.2 Å². The van der Waals surface area contributed by atoms with Gasteiger partial charge in [0.15, 0.2) is 0 Å². The van der Waals surface area contributed by atoms with E-state index >= 15 is 0 Å². The number of amides is 2. The Morgan fingerprint density at radius 2 is 1.93 bits per heavy atom. The summed E-state index contributed by atoms with van der Waals surface area (Å²) in [5.74, 6) is -1.20. The minimum Gasteiger partial charge on any atom is -0.488 e. The van der Waals surface area contributed by atoms with Crippen LogP contribution in [0.3, 0.4) is 0 Å². The van der Waals surface area contributed by atoms with E-state index in [1.54, 1.807) is 49.3 Å². The van der Waals surface area contributed by atoms with Crippen molar-refractivity contribution in [2.24, 2.45) is 23.8 Å². The number of likely N-dealkylation sites (tertiary alicyclic amines) is 1. The highest BCUT2D eigenvalue weighted by Gasteiger charge is 2.53. The molecule has 2 aliphatic carbocycles. The highest BCUT2D eigenvalue weighted by Crippen LogP contribution is 2.54. The summed E-state index contributed by atoms with van der Waals surface area (Å²) in [7, 11) is 1.69. The molecule has 1 aromatic carbocycles. The molecular weight excluding hydrogens is 558 g/mol. The molecule has 0 unspecified atom stereocenters. The second-order valence-electron chi connectivity index (χ2n) is 12.9. The summed E-state index contributed by atoms with van der Waals surface area (Å²) in [6, 6.07) is 6.51. The summed E-state index contributed by atoms with van der Waals surface area (Å²) in [5, 5.41) is 10.7. The molecule has 2 aliphatic heterocycles. The number of rotatable bonds is 7. The van der Waals surface area contributed by atoms with Crippen LogP contribution in [0, 0.1) is 16.7 Å². The van der Waals surface area contributed by atoms with Crippen molar-refractivity contribution in [1.29, 1.82) is 0 Å². The van der Waals surface area contributed by atoms with E-state index in [1.165, 1.54) is 4.57 Å². The third-order valence-electron chi connectivity index (χ3n) is 10.2. The number of carbonyl (C=O) groups is 3. The van der Waals surface area contributed by atoms with Crippen molar-refractivity contribution in [3.05, 3.63) is 62.5 Å². The van der Waals surface area contributed by atoms with Crippen LogP contribution in [0.4, 0.5) is 0 Å². The van der Waals surface area contributed by atoms with Crippen LogP contribution in [-0.4, -0.2) is 56.9 Å². The number of carboxylic acids is 1. The van der Waals surface area contributed by atoms with E-state index in [9.17, 15) is 24.3 Å². The molecule has 1 aromatic heterocycles. The van der Waals surface area contributed by atoms with Crippen molar-refractivity contribution in [3.63, 3.8) is 0 Å². The monoisotopic (exact) mass is 595 g/mol. The lowest BCUT2D eigenvalue weighted by Gasteiger charge is -2.45. The second-order valence-corrected chi connectivity index (χ2v) is 13.4. The third kappa shape index (κ3) is 4.99. The van der Waals surface area contributed by atoms with Gasteiger partial charge in [0.05, 0.1) is 22.9 Å². The van der Waals surface area contributed by atoms with Crippen LogP contribution in [0.25, 0.3) is 0 Å². The average molecular weight is 596 g/mol. The Hall–Kier alpha value is -3.33. The molecule has 2 saturated carbocycles. The zero-order valence-electron chi connectivity index (χ0n) is 24.2. The Morgan fingerprint density at radius 3 is 2.64 bits per heavy atom. The number of aromatic nitrogens is 1. The number of hydrogen-bond acceptors (Lipinski definition) is 5. The molecule has 1 saturated heterocycles. The lowest BCUT2D eigenvalue weighted by atomic mass is 9.66. The van der Waals surface area contributed by atoms with Gasteiger partial charge in [0.2, 0.25) is 11.8 Å². The zero-order valence-corrected chi connectivity index (χ0v) is 25.0. The average Bonchev–Trinajstić information content (AvgIpc) is 3.64. The number of aliphatic carboxylic acids is 1. The highest BCUT2D eigenvalue weighted by molar-refractivity contribution is 6.31. The number of carboxylic acid groups (broad SMARTS) is 1. The highest BCUT2D eigenvalue weighted by atomic mass is 35.5. The number of carbonyl (C=O) groups excluding carboxylic acids is 2. The molecule has 10 heteroatoms. The maximum atomic E-state index is 14.4. The van der Waals surface area contributed by atoms with Crippen LogP contribution in [-0.2, 0) is 34.5 Å². The van der Waals surface area contributed by atoms with E-state index in [0.717, 1.165) is 36.8 Å². The van der Waals surface area contributed by atoms with Crippen LogP contribution < -0.4 is 10.3 Å². The fourth-order valence-corrected chi connectivity index (χ4v) is 7.59. The fraction of sp³-hybridized carbons (Fsp3) is 0.562. The van der Waals surface area contributed by atoms with Gasteiger partial charge in [-0.1, -0.05) is 24.4 Å². The first-order valence-electron chi connectivity index (χ1n) is 14.9. The number of halogens is 1. The van der Waals surface area contributed by atoms with E-state index in [-0.39, 0.29) is 29.4 Å². The predicted molar refractivity (Wildman–Crippen MR) is 156 cm³/mol. The largest absolute Gasteiger partial charge is 0.488 e. The lowest BCUT2D eigenvalue weighted by Crippen LogP contribution is -2.52. The van der Waals surface area contributed by atoms with E-state index < -0.39 is 23.3 Å². The molecule has 1 N–H and O–H groups in total. The first kappa shape index (κ1) is 28.8. The third-order valence-corrected chi connectivity index (χ3v) is 10.5. The van der Waals surface area contributed by atoms with E-state index in [1.807, 2.05) is 4.90 Å². The first-order chi connectivity index (χ1) is 20.0. The summed E-state index contributed by atoms with van der Waals surface area (Å²) < 4.78 is 7.80. The van der Waals surface area contributed by atoms with Gasteiger partial charge in [0.25, 0.3) is 5.56 Å². The SMILES string of the molecule is Cn1cccc(COc2ccc(Cl)c3c2[C@@H](CN2CC4(CC4)CC2=O)N(C(=O)[C@@H]2CCCC[C@]2(C)C(=O)O)CC3)c1=O. The Balaban J connectivity index is 1.39. The van der Waals surface area contributed by atoms with Gasteiger partial charge in [-0.25, -0.2) is 0 Å². The Labute approximate surface area is 250 Å². The maximum absolute atomic E-state index is 14.4. The number of ether oxygens (including phenoxy) is 1. The van der Waals surface area contributed by atoms with E-state index in [2.05, 4.69) is 0 Å². The minimum atomic E-state index is -1.15. The Bertz CT molecular complexity index is 1500. The van der Waals surface area contributed by atoms with Crippen LogP contribution in [0.15, 0.2) is 35.3 Å². The molecule has 3 fully saturated rings. The molecular formula is C32H38ClN3O6. The molecule has 2 amide bonds. The number of nitrogens with zero attached hydrogens (tertiary/aromatic N) is 3. The molecule has 0 bridgehead atoms. The van der Waals surface area contributed by atoms with Crippen molar-refractivity contribution < 1.29 is 24.2 Å². The lowest BCUT2D eigenvalue weighted by molar-refractivity contribution is -0.162. The van der Waals surface area contributed by atoms with Gasteiger partial charge in [0.1, 0.15) is 12.4 Å². The van der Waals surface area contributed by atoms with Gasteiger partial charge in [-0.15, -0.1) is 0 Å². The quantitative estimate of drug-likeness (QED) is 0.510. The molecule has 4 aliphatic rings. The molecule has 9 nitrogen and oxygen atoms in total. The molecule has 0 radical (unpaired) electrons. The van der Waals surface area contributed by atoms with E-state index in [0.29, 0.717) is 61.7 Å². The van der Waals surface area contributed by atoms with E-state index in [4.69, 9.17) is 16.3 Å². The molecule has 2 aromatic rings. The topological polar surface area (TPSA) is 109 Å². The van der Waals surface area contributed by atoms with Crippen molar-refractivity contribution in [1.82, 2.24) is 14.4 Å². The molecule has 3 atom stereocenters. The number of benzene rings is 1. The number of aryl methyl sites for hydroxylation is 1. The van der Waals surface area contributed by atoms with Crippen molar-refractivity contribution in [2.75, 3.05) is 19.6 Å². The fourth-order valence-electron chi connectivity index (χ4n) is 7.33. The molecule has 1 spiro atoms. The Morgan fingerprint density at radius 1 is 1.14 bits per heavy atom. The summed E-state index contributed by atoms with van der Waals surface area (Å²) in [4.78, 5) is 56.3. The smallest absolute Gasteiger partial charge is 0.310 e. The Kier molecular flexibility index (Phi) is 7.36. The predicted octanol–water partition coefficient (Wildman–Crippen LogP) is 4.34. The minimum absolute atomic E-state index is 0.0354. The van der Waals surface area contributed by atoms with Crippen LogP contribution in [0.5, 0.6) is 5.75 Å². The van der Waals surface area contributed by atoms with Crippen LogP contribution in [0.1, 0.15) is 74.6 Å². The summed E-state index contributed by atoms with van der Waals surface area (Å²) in [6.45, 7) is 3.05. The number of fused-ring (bicyclic) bond motifs is 1.